The Morgan fingerprint density at radius 1 is 1.64 bits per heavy atom. The van der Waals surface area contributed by atoms with Gasteiger partial charge in [-0.15, -0.1) is 0 Å². The molecule has 0 saturated heterocycles. The maximum atomic E-state index is 9.17. The van der Waals surface area contributed by atoms with Crippen LogP contribution in [0.2, 0.25) is 0 Å². The van der Waals surface area contributed by atoms with Gasteiger partial charge < -0.3 is 10.8 Å². The zero-order valence-electron chi connectivity index (χ0n) is 8.61. The van der Waals surface area contributed by atoms with Crippen LogP contribution in [0.1, 0.15) is 26.2 Å². The van der Waals surface area contributed by atoms with Crippen molar-refractivity contribution in [1.29, 1.82) is 0 Å². The summed E-state index contributed by atoms with van der Waals surface area (Å²) >= 11 is 0. The number of aliphatic hydroxyl groups is 1. The van der Waals surface area contributed by atoms with Gasteiger partial charge in [0.1, 0.15) is 6.23 Å². The second kappa shape index (κ2) is 5.73. The van der Waals surface area contributed by atoms with Crippen LogP contribution in [0.5, 0.6) is 0 Å². The fourth-order valence-corrected chi connectivity index (χ4v) is 1.29. The lowest BCUT2D eigenvalue weighted by atomic mass is 10.0. The summed E-state index contributed by atoms with van der Waals surface area (Å²) in [6, 6.07) is 0. The Labute approximate surface area is 85.0 Å². The van der Waals surface area contributed by atoms with Gasteiger partial charge >= 0.3 is 0 Å². The molecule has 0 amide bonds. The van der Waals surface area contributed by atoms with Gasteiger partial charge in [-0.3, -0.25) is 4.99 Å². The highest BCUT2D eigenvalue weighted by molar-refractivity contribution is 5.98. The van der Waals surface area contributed by atoms with Crippen molar-refractivity contribution < 1.29 is 5.11 Å². The van der Waals surface area contributed by atoms with Crippen LogP contribution >= 0.6 is 0 Å². The Morgan fingerprint density at radius 2 is 2.43 bits per heavy atom. The lowest BCUT2D eigenvalue weighted by molar-refractivity contribution is 0.223. The summed E-state index contributed by atoms with van der Waals surface area (Å²) < 4.78 is 0. The molecule has 14 heavy (non-hydrogen) atoms. The first kappa shape index (κ1) is 11.1. The summed E-state index contributed by atoms with van der Waals surface area (Å²) in [4.78, 5) is 4.43. The fourth-order valence-electron chi connectivity index (χ4n) is 1.29. The molecule has 3 heteroatoms. The van der Waals surface area contributed by atoms with Crippen molar-refractivity contribution in [3.05, 3.63) is 23.8 Å². The van der Waals surface area contributed by atoms with E-state index in [-0.39, 0.29) is 0 Å². The maximum Gasteiger partial charge on any atom is 0.128 e. The van der Waals surface area contributed by atoms with E-state index < -0.39 is 6.23 Å². The van der Waals surface area contributed by atoms with E-state index in [1.807, 2.05) is 18.2 Å². The van der Waals surface area contributed by atoms with Crippen molar-refractivity contribution in [2.24, 2.45) is 10.7 Å². The van der Waals surface area contributed by atoms with Crippen molar-refractivity contribution in [2.75, 3.05) is 6.54 Å². The van der Waals surface area contributed by atoms with Gasteiger partial charge in [-0.1, -0.05) is 25.5 Å². The largest absolute Gasteiger partial charge is 0.375 e. The minimum absolute atomic E-state index is 0.742. The minimum atomic E-state index is -0.886. The lowest BCUT2D eigenvalue weighted by Crippen LogP contribution is -2.22. The molecule has 0 aromatic heterocycles. The minimum Gasteiger partial charge on any atom is -0.375 e. The first-order valence-corrected chi connectivity index (χ1v) is 5.09. The summed E-state index contributed by atoms with van der Waals surface area (Å²) in [7, 11) is 0. The molecular formula is C11H18N2O. The first-order valence-electron chi connectivity index (χ1n) is 5.09. The molecule has 3 N–H and O–H groups in total. The smallest absolute Gasteiger partial charge is 0.128 e. The SMILES string of the molecule is CCCCN=C1C=C(C(N)O)C=CC1. The van der Waals surface area contributed by atoms with Crippen LogP contribution in [0, 0.1) is 0 Å². The predicted octanol–water partition coefficient (Wildman–Crippen LogP) is 1.39. The molecule has 0 aromatic rings. The second-order valence-corrected chi connectivity index (χ2v) is 3.42. The molecule has 1 atom stereocenters. The number of allylic oxidation sites excluding steroid dienone is 2. The van der Waals surface area contributed by atoms with Gasteiger partial charge in [0.2, 0.25) is 0 Å². The Balaban J connectivity index is 2.56. The highest BCUT2D eigenvalue weighted by Gasteiger charge is 2.07. The van der Waals surface area contributed by atoms with Gasteiger partial charge in [0.25, 0.3) is 0 Å². The van der Waals surface area contributed by atoms with Gasteiger partial charge in [-0.05, 0) is 18.1 Å². The number of nitrogens with zero attached hydrogens (tertiary/aromatic N) is 1. The van der Waals surface area contributed by atoms with Gasteiger partial charge in [-0.2, -0.15) is 0 Å². The quantitative estimate of drug-likeness (QED) is 0.525. The first-order chi connectivity index (χ1) is 6.74. The van der Waals surface area contributed by atoms with E-state index in [4.69, 9.17) is 10.8 Å². The summed E-state index contributed by atoms with van der Waals surface area (Å²) in [5, 5.41) is 9.17. The number of hydrogen-bond acceptors (Lipinski definition) is 3. The summed E-state index contributed by atoms with van der Waals surface area (Å²) in [5.74, 6) is 0. The molecular weight excluding hydrogens is 176 g/mol. The number of aliphatic hydroxyl groups excluding tert-OH is 1. The third-order valence-corrected chi connectivity index (χ3v) is 2.14. The molecule has 0 fully saturated rings. The number of unbranched alkanes of at least 4 members (excludes halogenated alkanes) is 1. The predicted molar refractivity (Wildman–Crippen MR) is 59.2 cm³/mol. The number of nitrogens with two attached hydrogens (primary N) is 1. The zero-order valence-corrected chi connectivity index (χ0v) is 8.61. The van der Waals surface area contributed by atoms with E-state index >= 15 is 0 Å². The molecule has 0 heterocycles. The molecule has 1 unspecified atom stereocenters. The molecule has 0 spiro atoms. The molecule has 1 aliphatic rings. The van der Waals surface area contributed by atoms with E-state index in [1.165, 1.54) is 0 Å². The van der Waals surface area contributed by atoms with Crippen LogP contribution in [0.3, 0.4) is 0 Å². The molecule has 0 bridgehead atoms. The third kappa shape index (κ3) is 3.44. The molecule has 78 valence electrons. The maximum absolute atomic E-state index is 9.17. The normalized spacial score (nSPS) is 21.1. The third-order valence-electron chi connectivity index (χ3n) is 2.14. The molecule has 0 saturated carbocycles. The summed E-state index contributed by atoms with van der Waals surface area (Å²) in [5.41, 5.74) is 7.12. The highest BCUT2D eigenvalue weighted by atomic mass is 16.3. The molecule has 3 nitrogen and oxygen atoms in total. The fraction of sp³-hybridized carbons (Fsp3) is 0.545. The van der Waals surface area contributed by atoms with Crippen LogP contribution in [0.4, 0.5) is 0 Å². The molecule has 0 aromatic carbocycles. The molecule has 1 rings (SSSR count). The van der Waals surface area contributed by atoms with E-state index in [9.17, 15) is 0 Å². The van der Waals surface area contributed by atoms with Crippen molar-refractivity contribution in [3.8, 4) is 0 Å². The van der Waals surface area contributed by atoms with Gasteiger partial charge in [0.05, 0.1) is 0 Å². The standard InChI is InChI=1S/C11H18N2O/c1-2-3-7-13-10-6-4-5-9(8-10)11(12)14/h4-5,8,11,14H,2-3,6-7,12H2,1H3. The Kier molecular flexibility index (Phi) is 4.56. The van der Waals surface area contributed by atoms with Crippen LogP contribution in [0.25, 0.3) is 0 Å². The molecule has 1 aliphatic carbocycles. The number of rotatable bonds is 4. The van der Waals surface area contributed by atoms with Crippen LogP contribution < -0.4 is 5.73 Å². The van der Waals surface area contributed by atoms with Crippen LogP contribution in [-0.2, 0) is 0 Å². The van der Waals surface area contributed by atoms with Crippen molar-refractivity contribution in [2.45, 2.75) is 32.4 Å². The highest BCUT2D eigenvalue weighted by Crippen LogP contribution is 2.10. The monoisotopic (exact) mass is 194 g/mol. The van der Waals surface area contributed by atoms with E-state index in [0.717, 1.165) is 37.1 Å². The molecule has 0 radical (unpaired) electrons. The number of hydrogen-bond donors (Lipinski definition) is 2. The average molecular weight is 194 g/mol. The van der Waals surface area contributed by atoms with E-state index in [2.05, 4.69) is 11.9 Å². The second-order valence-electron chi connectivity index (χ2n) is 3.42. The van der Waals surface area contributed by atoms with Crippen molar-refractivity contribution in [3.63, 3.8) is 0 Å². The van der Waals surface area contributed by atoms with Crippen LogP contribution in [-0.4, -0.2) is 23.6 Å². The zero-order chi connectivity index (χ0) is 10.4. The van der Waals surface area contributed by atoms with Crippen LogP contribution in [0.15, 0.2) is 28.8 Å². The lowest BCUT2D eigenvalue weighted by Gasteiger charge is -2.11. The summed E-state index contributed by atoms with van der Waals surface area (Å²) in [6.07, 6.45) is 7.94. The Hall–Kier alpha value is -0.930. The Morgan fingerprint density at radius 3 is 3.07 bits per heavy atom. The van der Waals surface area contributed by atoms with E-state index in [1.54, 1.807) is 0 Å². The number of aliphatic imine (C=N–C) groups is 1. The van der Waals surface area contributed by atoms with Gasteiger partial charge in [0.15, 0.2) is 0 Å². The van der Waals surface area contributed by atoms with Crippen molar-refractivity contribution in [1.82, 2.24) is 0 Å². The van der Waals surface area contributed by atoms with Gasteiger partial charge in [-0.25, -0.2) is 0 Å². The summed E-state index contributed by atoms with van der Waals surface area (Å²) in [6.45, 7) is 3.01. The van der Waals surface area contributed by atoms with E-state index in [0.29, 0.717) is 0 Å². The van der Waals surface area contributed by atoms with Crippen molar-refractivity contribution >= 4 is 5.71 Å². The van der Waals surface area contributed by atoms with Gasteiger partial charge in [0, 0.05) is 18.7 Å². The Bertz CT molecular complexity index is 264. The molecule has 0 aliphatic heterocycles. The average Bonchev–Trinajstić information content (AvgIpc) is 2.19. The topological polar surface area (TPSA) is 58.6 Å².